The highest BCUT2D eigenvalue weighted by atomic mass is 32.2. The number of carbonyl (C=O) groups excluding carboxylic acids is 1. The first-order valence-electron chi connectivity index (χ1n) is 5.43. The number of hydrogen-bond donors (Lipinski definition) is 0. The molecular formula is C12H12FNOS. The van der Waals surface area contributed by atoms with Gasteiger partial charge in [0.05, 0.1) is 5.56 Å². The van der Waals surface area contributed by atoms with Crippen LogP contribution in [0.1, 0.15) is 16.8 Å². The molecule has 16 heavy (non-hydrogen) atoms. The van der Waals surface area contributed by atoms with Crippen molar-refractivity contribution in [3.8, 4) is 0 Å². The van der Waals surface area contributed by atoms with E-state index in [-0.39, 0.29) is 11.5 Å². The lowest BCUT2D eigenvalue weighted by Crippen LogP contribution is -2.39. The molecule has 84 valence electrons. The molecule has 2 bridgehead atoms. The molecule has 0 saturated carbocycles. The molecule has 2 fully saturated rings. The summed E-state index contributed by atoms with van der Waals surface area (Å²) in [6, 6.07) is 6.55. The molecule has 0 aromatic heterocycles. The molecule has 2 heterocycles. The number of carbonyl (C=O) groups is 1. The fourth-order valence-electron chi connectivity index (χ4n) is 2.44. The molecule has 2 saturated heterocycles. The minimum absolute atomic E-state index is 0.147. The van der Waals surface area contributed by atoms with E-state index in [0.717, 1.165) is 18.7 Å². The minimum atomic E-state index is -0.414. The van der Waals surface area contributed by atoms with Gasteiger partial charge < -0.3 is 4.90 Å². The van der Waals surface area contributed by atoms with Gasteiger partial charge in [0, 0.05) is 23.6 Å². The lowest BCUT2D eigenvalue weighted by molar-refractivity contribution is 0.0743. The van der Waals surface area contributed by atoms with E-state index >= 15 is 0 Å². The normalized spacial score (nSPS) is 27.4. The van der Waals surface area contributed by atoms with Crippen LogP contribution in [0.3, 0.4) is 0 Å². The second kappa shape index (κ2) is 3.77. The van der Waals surface area contributed by atoms with Crippen LogP contribution in [0.15, 0.2) is 24.3 Å². The van der Waals surface area contributed by atoms with Crippen LogP contribution in [0.5, 0.6) is 0 Å². The average Bonchev–Trinajstić information content (AvgIpc) is 2.90. The zero-order valence-electron chi connectivity index (χ0n) is 8.73. The first-order valence-corrected chi connectivity index (χ1v) is 6.47. The third-order valence-electron chi connectivity index (χ3n) is 3.27. The molecule has 2 unspecified atom stereocenters. The van der Waals surface area contributed by atoms with Gasteiger partial charge in [-0.2, -0.15) is 11.8 Å². The highest BCUT2D eigenvalue weighted by molar-refractivity contribution is 8.00. The van der Waals surface area contributed by atoms with Crippen molar-refractivity contribution >= 4 is 17.7 Å². The van der Waals surface area contributed by atoms with Crippen molar-refractivity contribution in [3.63, 3.8) is 0 Å². The Balaban J connectivity index is 1.86. The minimum Gasteiger partial charge on any atom is -0.334 e. The average molecular weight is 237 g/mol. The van der Waals surface area contributed by atoms with Crippen LogP contribution >= 0.6 is 11.8 Å². The van der Waals surface area contributed by atoms with Crippen molar-refractivity contribution in [1.82, 2.24) is 4.90 Å². The predicted octanol–water partition coefficient (Wildman–Crippen LogP) is 2.16. The van der Waals surface area contributed by atoms with Crippen LogP contribution < -0.4 is 0 Å². The summed E-state index contributed by atoms with van der Waals surface area (Å²) in [5.41, 5.74) is 0.208. The summed E-state index contributed by atoms with van der Waals surface area (Å²) in [6.07, 6.45) is 1.07. The first-order chi connectivity index (χ1) is 7.75. The van der Waals surface area contributed by atoms with E-state index in [4.69, 9.17) is 0 Å². The molecule has 0 spiro atoms. The predicted molar refractivity (Wildman–Crippen MR) is 62.1 cm³/mol. The van der Waals surface area contributed by atoms with Gasteiger partial charge in [-0.25, -0.2) is 4.39 Å². The van der Waals surface area contributed by atoms with Crippen LogP contribution in [0, 0.1) is 5.82 Å². The Bertz CT molecular complexity index is 437. The van der Waals surface area contributed by atoms with Crippen molar-refractivity contribution in [2.75, 3.05) is 12.3 Å². The zero-order chi connectivity index (χ0) is 11.1. The lowest BCUT2D eigenvalue weighted by atomic mass is 10.1. The van der Waals surface area contributed by atoms with Gasteiger partial charge in [0.2, 0.25) is 0 Å². The van der Waals surface area contributed by atoms with E-state index in [1.807, 2.05) is 16.7 Å². The lowest BCUT2D eigenvalue weighted by Gasteiger charge is -2.26. The molecule has 2 nitrogen and oxygen atoms in total. The molecule has 4 heteroatoms. The number of thioether (sulfide) groups is 1. The monoisotopic (exact) mass is 237 g/mol. The second-order valence-electron chi connectivity index (χ2n) is 4.28. The number of fused-ring (bicyclic) bond motifs is 2. The van der Waals surface area contributed by atoms with Crippen LogP contribution in [0.25, 0.3) is 0 Å². The molecule has 2 aliphatic rings. The third kappa shape index (κ3) is 1.52. The van der Waals surface area contributed by atoms with E-state index < -0.39 is 5.82 Å². The summed E-state index contributed by atoms with van der Waals surface area (Å²) < 4.78 is 13.5. The van der Waals surface area contributed by atoms with Crippen molar-refractivity contribution < 1.29 is 9.18 Å². The van der Waals surface area contributed by atoms with Gasteiger partial charge in [0.25, 0.3) is 5.91 Å². The van der Waals surface area contributed by atoms with Gasteiger partial charge in [-0.15, -0.1) is 0 Å². The van der Waals surface area contributed by atoms with E-state index in [1.165, 1.54) is 6.07 Å². The summed E-state index contributed by atoms with van der Waals surface area (Å²) >= 11 is 1.93. The van der Waals surface area contributed by atoms with Crippen molar-refractivity contribution in [2.24, 2.45) is 0 Å². The first kappa shape index (κ1) is 10.1. The Labute approximate surface area is 97.8 Å². The number of halogens is 1. The van der Waals surface area contributed by atoms with E-state index in [1.54, 1.807) is 18.2 Å². The topological polar surface area (TPSA) is 20.3 Å². The largest absolute Gasteiger partial charge is 0.334 e. The quantitative estimate of drug-likeness (QED) is 0.746. The Morgan fingerprint density at radius 3 is 2.88 bits per heavy atom. The van der Waals surface area contributed by atoms with Gasteiger partial charge in [-0.1, -0.05) is 12.1 Å². The standard InChI is InChI=1S/C12H12FNOS/c13-11-4-2-1-3-10(11)12(15)14-6-9-5-8(14)7-16-9/h1-4,8-9H,5-7H2. The number of amides is 1. The van der Waals surface area contributed by atoms with E-state index in [9.17, 15) is 9.18 Å². The SMILES string of the molecule is O=C(c1ccccc1F)N1CC2CC1CS2. The maximum atomic E-state index is 13.5. The van der Waals surface area contributed by atoms with E-state index in [0.29, 0.717) is 11.3 Å². The van der Waals surface area contributed by atoms with Crippen LogP contribution in [-0.4, -0.2) is 34.4 Å². The second-order valence-corrected chi connectivity index (χ2v) is 5.62. The molecule has 2 aliphatic heterocycles. The summed E-state index contributed by atoms with van der Waals surface area (Å²) in [7, 11) is 0. The van der Waals surface area contributed by atoms with Gasteiger partial charge in [0.1, 0.15) is 5.82 Å². The molecule has 3 rings (SSSR count). The molecule has 0 radical (unpaired) electrons. The number of likely N-dealkylation sites (tertiary alicyclic amines) is 1. The van der Waals surface area contributed by atoms with Gasteiger partial charge in [-0.05, 0) is 18.6 Å². The van der Waals surface area contributed by atoms with Gasteiger partial charge in [0.15, 0.2) is 0 Å². The Hall–Kier alpha value is -1.03. The van der Waals surface area contributed by atoms with E-state index in [2.05, 4.69) is 0 Å². The van der Waals surface area contributed by atoms with Crippen molar-refractivity contribution in [3.05, 3.63) is 35.6 Å². The molecule has 1 aromatic rings. The molecule has 1 aromatic carbocycles. The van der Waals surface area contributed by atoms with Crippen LogP contribution in [0.2, 0.25) is 0 Å². The highest BCUT2D eigenvalue weighted by Crippen LogP contribution is 2.38. The summed E-state index contributed by atoms with van der Waals surface area (Å²) in [6.45, 7) is 0.780. The zero-order valence-corrected chi connectivity index (χ0v) is 9.54. The van der Waals surface area contributed by atoms with Crippen LogP contribution in [-0.2, 0) is 0 Å². The summed E-state index contributed by atoms with van der Waals surface area (Å²) in [5, 5.41) is 0.570. The van der Waals surface area contributed by atoms with Gasteiger partial charge in [-0.3, -0.25) is 4.79 Å². The fourth-order valence-corrected chi connectivity index (χ4v) is 3.87. The molecule has 1 amide bonds. The summed E-state index contributed by atoms with van der Waals surface area (Å²) in [5.74, 6) is 0.444. The number of hydrogen-bond acceptors (Lipinski definition) is 2. The molecule has 0 aliphatic carbocycles. The molecule has 0 N–H and O–H groups in total. The summed E-state index contributed by atoms with van der Waals surface area (Å²) in [4.78, 5) is 14.0. The smallest absolute Gasteiger partial charge is 0.257 e. The van der Waals surface area contributed by atoms with Gasteiger partial charge >= 0.3 is 0 Å². The molecular weight excluding hydrogens is 225 g/mol. The van der Waals surface area contributed by atoms with Crippen LogP contribution in [0.4, 0.5) is 4.39 Å². The van der Waals surface area contributed by atoms with Crippen molar-refractivity contribution in [2.45, 2.75) is 17.7 Å². The highest BCUT2D eigenvalue weighted by Gasteiger charge is 2.41. The maximum Gasteiger partial charge on any atom is 0.257 e. The number of rotatable bonds is 1. The number of benzene rings is 1. The maximum absolute atomic E-state index is 13.5. The number of nitrogens with zero attached hydrogens (tertiary/aromatic N) is 1. The Morgan fingerprint density at radius 2 is 2.25 bits per heavy atom. The third-order valence-corrected chi connectivity index (χ3v) is 4.66. The Kier molecular flexibility index (Phi) is 2.39. The fraction of sp³-hybridized carbons (Fsp3) is 0.417. The van der Waals surface area contributed by atoms with Crippen molar-refractivity contribution in [1.29, 1.82) is 0 Å². The Morgan fingerprint density at radius 1 is 1.44 bits per heavy atom. The molecule has 2 atom stereocenters.